The predicted octanol–water partition coefficient (Wildman–Crippen LogP) is 1.77. The third-order valence-electron chi connectivity index (χ3n) is 5.54. The Labute approximate surface area is 142 Å². The average Bonchev–Trinajstić information content (AvgIpc) is 3.33. The summed E-state index contributed by atoms with van der Waals surface area (Å²) in [5.41, 5.74) is 1.47. The molecule has 0 bridgehead atoms. The number of para-hydroxylation sites is 1. The fraction of sp³-hybridized carbons (Fsp3) is 0.526. The summed E-state index contributed by atoms with van der Waals surface area (Å²) >= 11 is 0. The average molecular weight is 326 g/mol. The second-order valence-electron chi connectivity index (χ2n) is 6.79. The smallest absolute Gasteiger partial charge is 0.318 e. The molecule has 126 valence electrons. The van der Waals surface area contributed by atoms with E-state index in [1.54, 1.807) is 4.90 Å². The van der Waals surface area contributed by atoms with Gasteiger partial charge in [0.05, 0.1) is 19.8 Å². The number of terminal acetylenes is 1. The van der Waals surface area contributed by atoms with Crippen molar-refractivity contribution in [3.8, 4) is 18.1 Å². The second-order valence-corrected chi connectivity index (χ2v) is 6.79. The van der Waals surface area contributed by atoms with Crippen LogP contribution >= 0.6 is 0 Å². The van der Waals surface area contributed by atoms with Crippen LogP contribution in [0.5, 0.6) is 5.75 Å². The highest BCUT2D eigenvalue weighted by molar-refractivity contribution is 5.75. The molecule has 0 aromatic heterocycles. The van der Waals surface area contributed by atoms with E-state index in [0.29, 0.717) is 32.2 Å². The summed E-state index contributed by atoms with van der Waals surface area (Å²) in [5.74, 6) is 4.10. The van der Waals surface area contributed by atoms with E-state index in [9.17, 15) is 4.79 Å². The molecule has 1 saturated carbocycles. The Morgan fingerprint density at radius 3 is 3.17 bits per heavy atom. The fourth-order valence-corrected chi connectivity index (χ4v) is 4.06. The lowest BCUT2D eigenvalue weighted by molar-refractivity contribution is 0.0316. The molecule has 0 radical (unpaired) electrons. The number of rotatable bonds is 2. The molecule has 2 aliphatic heterocycles. The van der Waals surface area contributed by atoms with Crippen LogP contribution in [0.2, 0.25) is 0 Å². The Morgan fingerprint density at radius 1 is 1.42 bits per heavy atom. The molecule has 1 aromatic carbocycles. The van der Waals surface area contributed by atoms with Gasteiger partial charge in [0, 0.05) is 24.1 Å². The number of amides is 2. The molecule has 4 rings (SSSR count). The van der Waals surface area contributed by atoms with Crippen LogP contribution in [0.1, 0.15) is 18.4 Å². The van der Waals surface area contributed by atoms with Crippen LogP contribution in [0.15, 0.2) is 24.3 Å². The molecule has 3 unspecified atom stereocenters. The molecule has 5 nitrogen and oxygen atoms in total. The molecule has 3 aliphatic rings. The maximum atomic E-state index is 12.5. The van der Waals surface area contributed by atoms with Crippen LogP contribution in [0, 0.1) is 18.3 Å². The van der Waals surface area contributed by atoms with Crippen LogP contribution in [0.4, 0.5) is 4.79 Å². The lowest BCUT2D eigenvalue weighted by Crippen LogP contribution is -2.52. The van der Waals surface area contributed by atoms with Crippen LogP contribution in [-0.4, -0.2) is 49.9 Å². The standard InChI is InChI=1S/C19H22N2O3/c1-2-15-13-23-10-8-21(15)18(22)20-12-14-11-19(14)7-9-24-17-6-4-3-5-16(17)19/h1,3-6,14-15H,7-13H2,(H,20,22). The van der Waals surface area contributed by atoms with Crippen LogP contribution in [-0.2, 0) is 10.2 Å². The van der Waals surface area contributed by atoms with Crippen LogP contribution in [0.25, 0.3) is 0 Å². The van der Waals surface area contributed by atoms with Gasteiger partial charge in [-0.15, -0.1) is 6.42 Å². The van der Waals surface area contributed by atoms with Crippen molar-refractivity contribution in [1.29, 1.82) is 0 Å². The molecule has 24 heavy (non-hydrogen) atoms. The minimum atomic E-state index is -0.268. The highest BCUT2D eigenvalue weighted by Gasteiger charge is 2.57. The zero-order valence-corrected chi connectivity index (χ0v) is 13.7. The van der Waals surface area contributed by atoms with E-state index < -0.39 is 0 Å². The number of benzene rings is 1. The Kier molecular flexibility index (Phi) is 3.85. The first-order chi connectivity index (χ1) is 11.7. The number of nitrogens with one attached hydrogen (secondary N) is 1. The number of nitrogens with zero attached hydrogens (tertiary/aromatic N) is 1. The maximum absolute atomic E-state index is 12.5. The molecule has 1 N–H and O–H groups in total. The molecule has 1 aromatic rings. The van der Waals surface area contributed by atoms with Gasteiger partial charge in [0.1, 0.15) is 11.8 Å². The van der Waals surface area contributed by atoms with Gasteiger partial charge in [0.15, 0.2) is 0 Å². The van der Waals surface area contributed by atoms with Gasteiger partial charge in [-0.2, -0.15) is 0 Å². The third-order valence-corrected chi connectivity index (χ3v) is 5.54. The number of carbonyl (C=O) groups is 1. The lowest BCUT2D eigenvalue weighted by atomic mass is 9.87. The number of urea groups is 1. The van der Waals surface area contributed by atoms with E-state index in [1.165, 1.54) is 5.56 Å². The molecule has 3 atom stereocenters. The first-order valence-corrected chi connectivity index (χ1v) is 8.55. The molecule has 2 fully saturated rings. The topological polar surface area (TPSA) is 50.8 Å². The molecular weight excluding hydrogens is 304 g/mol. The van der Waals surface area contributed by atoms with Gasteiger partial charge in [-0.25, -0.2) is 4.79 Å². The van der Waals surface area contributed by atoms with Crippen molar-refractivity contribution in [2.45, 2.75) is 24.3 Å². The van der Waals surface area contributed by atoms with Gasteiger partial charge in [0.2, 0.25) is 0 Å². The van der Waals surface area contributed by atoms with Gasteiger partial charge in [0.25, 0.3) is 0 Å². The van der Waals surface area contributed by atoms with E-state index in [2.05, 4.69) is 23.4 Å². The normalized spacial score (nSPS) is 30.9. The zero-order valence-electron chi connectivity index (χ0n) is 13.7. The van der Waals surface area contributed by atoms with Gasteiger partial charge in [-0.3, -0.25) is 0 Å². The Morgan fingerprint density at radius 2 is 2.29 bits per heavy atom. The molecule has 5 heteroatoms. The highest BCUT2D eigenvalue weighted by Crippen LogP contribution is 2.60. The van der Waals surface area contributed by atoms with Crippen molar-refractivity contribution in [2.24, 2.45) is 5.92 Å². The summed E-state index contributed by atoms with van der Waals surface area (Å²) in [6, 6.07) is 7.92. The van der Waals surface area contributed by atoms with Crippen molar-refractivity contribution < 1.29 is 14.3 Å². The quantitative estimate of drug-likeness (QED) is 0.843. The highest BCUT2D eigenvalue weighted by atomic mass is 16.5. The minimum Gasteiger partial charge on any atom is -0.493 e. The van der Waals surface area contributed by atoms with E-state index in [-0.39, 0.29) is 17.5 Å². The van der Waals surface area contributed by atoms with Crippen LogP contribution in [0.3, 0.4) is 0 Å². The number of hydrogen-bond donors (Lipinski definition) is 1. The van der Waals surface area contributed by atoms with Gasteiger partial charge < -0.3 is 19.7 Å². The number of carbonyl (C=O) groups excluding carboxylic acids is 1. The Hall–Kier alpha value is -2.19. The summed E-state index contributed by atoms with van der Waals surface area (Å²) in [6.07, 6.45) is 7.63. The van der Waals surface area contributed by atoms with Crippen LogP contribution < -0.4 is 10.1 Å². The molecule has 2 heterocycles. The van der Waals surface area contributed by atoms with E-state index in [0.717, 1.165) is 25.2 Å². The van der Waals surface area contributed by atoms with Crippen molar-refractivity contribution in [3.63, 3.8) is 0 Å². The summed E-state index contributed by atoms with van der Waals surface area (Å²) in [7, 11) is 0. The van der Waals surface area contributed by atoms with Crippen molar-refractivity contribution in [3.05, 3.63) is 29.8 Å². The second kappa shape index (κ2) is 6.03. The molecular formula is C19H22N2O3. The molecule has 2 amide bonds. The largest absolute Gasteiger partial charge is 0.493 e. The SMILES string of the molecule is C#CC1COCCN1C(=O)NCC1CC12CCOc1ccccc12. The predicted molar refractivity (Wildman–Crippen MR) is 89.9 cm³/mol. The molecule has 1 saturated heterocycles. The van der Waals surface area contributed by atoms with E-state index in [4.69, 9.17) is 15.9 Å². The van der Waals surface area contributed by atoms with Gasteiger partial charge in [-0.05, 0) is 24.8 Å². The Bertz CT molecular complexity index is 683. The summed E-state index contributed by atoms with van der Waals surface area (Å²) in [5, 5.41) is 3.08. The van der Waals surface area contributed by atoms with E-state index in [1.807, 2.05) is 12.1 Å². The van der Waals surface area contributed by atoms with E-state index >= 15 is 0 Å². The Balaban J connectivity index is 1.39. The fourth-order valence-electron chi connectivity index (χ4n) is 4.06. The van der Waals surface area contributed by atoms with Gasteiger partial charge >= 0.3 is 6.03 Å². The van der Waals surface area contributed by atoms with Crippen molar-refractivity contribution in [1.82, 2.24) is 10.2 Å². The summed E-state index contributed by atoms with van der Waals surface area (Å²) in [4.78, 5) is 14.2. The zero-order chi connectivity index (χ0) is 16.6. The molecule has 1 aliphatic carbocycles. The summed E-state index contributed by atoms with van der Waals surface area (Å²) in [6.45, 7) is 2.95. The first kappa shape index (κ1) is 15.3. The monoisotopic (exact) mass is 326 g/mol. The summed E-state index contributed by atoms with van der Waals surface area (Å²) < 4.78 is 11.1. The number of morpholine rings is 1. The van der Waals surface area contributed by atoms with Crippen molar-refractivity contribution >= 4 is 6.03 Å². The number of fused-ring (bicyclic) bond motifs is 2. The number of ether oxygens (including phenoxy) is 2. The van der Waals surface area contributed by atoms with Gasteiger partial charge in [-0.1, -0.05) is 24.1 Å². The lowest BCUT2D eigenvalue weighted by Gasteiger charge is -2.32. The van der Waals surface area contributed by atoms with Crippen molar-refractivity contribution in [2.75, 3.05) is 32.9 Å². The third kappa shape index (κ3) is 2.51. The maximum Gasteiger partial charge on any atom is 0.318 e. The first-order valence-electron chi connectivity index (χ1n) is 8.55. The number of hydrogen-bond acceptors (Lipinski definition) is 3. The molecule has 1 spiro atoms. The minimum absolute atomic E-state index is 0.0800.